The number of hydrogen-bond acceptors (Lipinski definition) is 5. The van der Waals surface area contributed by atoms with Gasteiger partial charge in [-0.1, -0.05) is 24.3 Å². The Bertz CT molecular complexity index is 960. The first kappa shape index (κ1) is 14.5. The molecule has 2 aromatic carbocycles. The monoisotopic (exact) mass is 334 g/mol. The molecule has 0 atom stereocenters. The van der Waals surface area contributed by atoms with E-state index in [4.69, 9.17) is 0 Å². The molecule has 1 heterocycles. The third-order valence-corrected chi connectivity index (χ3v) is 5.09. The summed E-state index contributed by atoms with van der Waals surface area (Å²) in [5, 5.41) is 9.31. The number of hydrogen-bond donors (Lipinski definition) is 1. The molecule has 1 aliphatic carbocycles. The van der Waals surface area contributed by atoms with Gasteiger partial charge in [-0.15, -0.1) is 11.3 Å². The zero-order valence-electron chi connectivity index (χ0n) is 12.3. The number of aromatic hydroxyl groups is 1. The minimum absolute atomic E-state index is 0.0674. The van der Waals surface area contributed by atoms with Crippen molar-refractivity contribution in [2.24, 2.45) is 0 Å². The van der Waals surface area contributed by atoms with E-state index >= 15 is 0 Å². The van der Waals surface area contributed by atoms with Crippen LogP contribution in [0, 0.1) is 0 Å². The van der Waals surface area contributed by atoms with Crippen molar-refractivity contribution in [1.29, 1.82) is 0 Å². The molecule has 24 heavy (non-hydrogen) atoms. The quantitative estimate of drug-likeness (QED) is 0.570. The Morgan fingerprint density at radius 2 is 1.46 bits per heavy atom. The molecule has 0 saturated carbocycles. The molecular weight excluding hydrogens is 324 g/mol. The molecule has 0 radical (unpaired) electrons. The van der Waals surface area contributed by atoms with Crippen LogP contribution in [0.4, 0.5) is 0 Å². The Labute approximate surface area is 141 Å². The van der Waals surface area contributed by atoms with Gasteiger partial charge in [-0.25, -0.2) is 0 Å². The van der Waals surface area contributed by atoms with Crippen LogP contribution in [0.15, 0.2) is 54.6 Å². The lowest BCUT2D eigenvalue weighted by Crippen LogP contribution is -2.18. The van der Waals surface area contributed by atoms with E-state index in [0.29, 0.717) is 26.4 Å². The summed E-state index contributed by atoms with van der Waals surface area (Å²) in [5.74, 6) is -0.673. The number of benzene rings is 2. The van der Waals surface area contributed by atoms with Crippen molar-refractivity contribution in [3.8, 4) is 5.75 Å². The lowest BCUT2D eigenvalue weighted by molar-refractivity contribution is 0.0982. The third kappa shape index (κ3) is 2.10. The highest BCUT2D eigenvalue weighted by molar-refractivity contribution is 7.17. The fourth-order valence-corrected chi connectivity index (χ4v) is 3.81. The molecule has 0 unspecified atom stereocenters. The predicted molar refractivity (Wildman–Crippen MR) is 89.2 cm³/mol. The van der Waals surface area contributed by atoms with Crippen molar-refractivity contribution in [2.75, 3.05) is 0 Å². The van der Waals surface area contributed by atoms with Crippen molar-refractivity contribution in [1.82, 2.24) is 0 Å². The van der Waals surface area contributed by atoms with Crippen LogP contribution in [0.5, 0.6) is 5.75 Å². The molecule has 3 aromatic rings. The highest BCUT2D eigenvalue weighted by Crippen LogP contribution is 2.34. The van der Waals surface area contributed by atoms with Crippen LogP contribution in [-0.4, -0.2) is 22.5 Å². The SMILES string of the molecule is O=C(c1ccc(O)cc1)c1cc2c(s1)C(=O)c1ccccc1C2=O. The number of phenols is 1. The Kier molecular flexibility index (Phi) is 3.18. The maximum Gasteiger partial charge on any atom is 0.204 e. The van der Waals surface area contributed by atoms with Gasteiger partial charge in [0.15, 0.2) is 5.78 Å². The highest BCUT2D eigenvalue weighted by atomic mass is 32.1. The smallest absolute Gasteiger partial charge is 0.204 e. The van der Waals surface area contributed by atoms with Crippen LogP contribution >= 0.6 is 11.3 Å². The van der Waals surface area contributed by atoms with E-state index in [1.165, 1.54) is 30.3 Å². The Morgan fingerprint density at radius 3 is 2.12 bits per heavy atom. The van der Waals surface area contributed by atoms with Crippen LogP contribution in [0.2, 0.25) is 0 Å². The van der Waals surface area contributed by atoms with E-state index < -0.39 is 0 Å². The molecule has 0 saturated heterocycles. The summed E-state index contributed by atoms with van der Waals surface area (Å²) in [6, 6.07) is 14.0. The molecular formula is C19H10O4S. The van der Waals surface area contributed by atoms with Gasteiger partial charge < -0.3 is 5.11 Å². The minimum atomic E-state index is -0.279. The van der Waals surface area contributed by atoms with Crippen LogP contribution in [0.25, 0.3) is 0 Å². The summed E-state index contributed by atoms with van der Waals surface area (Å²) < 4.78 is 0. The minimum Gasteiger partial charge on any atom is -0.508 e. The van der Waals surface area contributed by atoms with Gasteiger partial charge in [-0.05, 0) is 30.3 Å². The summed E-state index contributed by atoms with van der Waals surface area (Å²) in [4.78, 5) is 38.4. The van der Waals surface area contributed by atoms with E-state index in [2.05, 4.69) is 0 Å². The predicted octanol–water partition coefficient (Wildman–Crippen LogP) is 3.46. The van der Waals surface area contributed by atoms with Gasteiger partial charge in [-0.3, -0.25) is 14.4 Å². The van der Waals surface area contributed by atoms with Gasteiger partial charge >= 0.3 is 0 Å². The zero-order valence-corrected chi connectivity index (χ0v) is 13.1. The van der Waals surface area contributed by atoms with Crippen LogP contribution in [-0.2, 0) is 0 Å². The van der Waals surface area contributed by atoms with Gasteiger partial charge in [0.05, 0.1) is 9.75 Å². The molecule has 1 aromatic heterocycles. The average molecular weight is 334 g/mol. The Morgan fingerprint density at radius 1 is 0.833 bits per heavy atom. The van der Waals surface area contributed by atoms with Gasteiger partial charge in [-0.2, -0.15) is 0 Å². The number of carbonyl (C=O) groups is 3. The second-order valence-corrected chi connectivity index (χ2v) is 6.49. The summed E-state index contributed by atoms with van der Waals surface area (Å²) in [6.45, 7) is 0. The van der Waals surface area contributed by atoms with E-state index in [1.54, 1.807) is 24.3 Å². The second kappa shape index (κ2) is 5.25. The average Bonchev–Trinajstić information content (AvgIpc) is 3.05. The number of rotatable bonds is 2. The fourth-order valence-electron chi connectivity index (χ4n) is 2.74. The summed E-state index contributed by atoms with van der Waals surface area (Å²) >= 11 is 1.04. The van der Waals surface area contributed by atoms with E-state index in [0.717, 1.165) is 11.3 Å². The Balaban J connectivity index is 1.80. The topological polar surface area (TPSA) is 71.4 Å². The first-order valence-corrected chi connectivity index (χ1v) is 8.04. The van der Waals surface area contributed by atoms with Crippen LogP contribution < -0.4 is 0 Å². The van der Waals surface area contributed by atoms with E-state index in [9.17, 15) is 19.5 Å². The third-order valence-electron chi connectivity index (χ3n) is 3.95. The lowest BCUT2D eigenvalue weighted by Gasteiger charge is -2.12. The number of carbonyl (C=O) groups excluding carboxylic acids is 3. The summed E-state index contributed by atoms with van der Waals surface area (Å²) in [7, 11) is 0. The van der Waals surface area contributed by atoms with Crippen molar-refractivity contribution in [3.05, 3.63) is 86.6 Å². The molecule has 116 valence electrons. The van der Waals surface area contributed by atoms with Crippen molar-refractivity contribution in [2.45, 2.75) is 0 Å². The molecule has 0 fully saturated rings. The van der Waals surface area contributed by atoms with Crippen molar-refractivity contribution in [3.63, 3.8) is 0 Å². The molecule has 0 spiro atoms. The summed E-state index contributed by atoms with van der Waals surface area (Å²) in [5.41, 5.74) is 1.42. The van der Waals surface area contributed by atoms with Crippen molar-refractivity contribution >= 4 is 28.7 Å². The number of fused-ring (bicyclic) bond motifs is 2. The van der Waals surface area contributed by atoms with Gasteiger partial charge in [0.25, 0.3) is 0 Å². The van der Waals surface area contributed by atoms with Crippen LogP contribution in [0.3, 0.4) is 0 Å². The first-order chi connectivity index (χ1) is 11.6. The first-order valence-electron chi connectivity index (χ1n) is 7.22. The molecule has 4 nitrogen and oxygen atoms in total. The molecule has 1 aliphatic rings. The van der Waals surface area contributed by atoms with E-state index in [-0.39, 0.29) is 28.7 Å². The second-order valence-electron chi connectivity index (χ2n) is 5.43. The van der Waals surface area contributed by atoms with Crippen LogP contribution in [0.1, 0.15) is 46.4 Å². The number of ketones is 3. The molecule has 0 amide bonds. The maximum atomic E-state index is 12.6. The fraction of sp³-hybridized carbons (Fsp3) is 0. The highest BCUT2D eigenvalue weighted by Gasteiger charge is 2.32. The molecule has 4 rings (SSSR count). The van der Waals surface area contributed by atoms with E-state index in [1.807, 2.05) is 0 Å². The molecule has 1 N–H and O–H groups in total. The molecule has 5 heteroatoms. The van der Waals surface area contributed by atoms with Gasteiger partial charge in [0.1, 0.15) is 5.75 Å². The maximum absolute atomic E-state index is 12.6. The standard InChI is InChI=1S/C19H10O4S/c20-11-7-5-10(6-8-11)16(21)15-9-14-17(22)12-3-1-2-4-13(12)18(23)19(14)24-15/h1-9,20H. The summed E-state index contributed by atoms with van der Waals surface area (Å²) in [6.07, 6.45) is 0. The van der Waals surface area contributed by atoms with Gasteiger partial charge in [0, 0.05) is 22.3 Å². The number of thiophene rings is 1. The largest absolute Gasteiger partial charge is 0.508 e. The lowest BCUT2D eigenvalue weighted by atomic mass is 9.89. The molecule has 0 aliphatic heterocycles. The zero-order chi connectivity index (χ0) is 16.8. The normalized spacial score (nSPS) is 12.7. The molecule has 0 bridgehead atoms. The van der Waals surface area contributed by atoms with Gasteiger partial charge in [0.2, 0.25) is 11.6 Å². The Hall–Kier alpha value is -3.05. The van der Waals surface area contributed by atoms with Crippen molar-refractivity contribution < 1.29 is 19.5 Å². The number of phenolic OH excluding ortho intramolecular Hbond substituents is 1.